The van der Waals surface area contributed by atoms with Crippen LogP contribution >= 0.6 is 11.8 Å². The first-order valence-electron chi connectivity index (χ1n) is 7.68. The van der Waals surface area contributed by atoms with Gasteiger partial charge in [-0.05, 0) is 29.8 Å². The van der Waals surface area contributed by atoms with Gasteiger partial charge < -0.3 is 19.9 Å². The molecule has 0 saturated carbocycles. The topological polar surface area (TPSA) is 74.5 Å². The molecule has 0 amide bonds. The maximum atomic E-state index is 10.4. The molecule has 0 radical (unpaired) electrons. The number of para-hydroxylation sites is 1. The summed E-state index contributed by atoms with van der Waals surface area (Å²) < 4.78 is 10.6. The Morgan fingerprint density at radius 1 is 1.21 bits per heavy atom. The third-order valence-electron chi connectivity index (χ3n) is 3.63. The number of anilines is 1. The zero-order chi connectivity index (χ0) is 16.8. The van der Waals surface area contributed by atoms with Gasteiger partial charge in [0, 0.05) is 29.3 Å². The van der Waals surface area contributed by atoms with Gasteiger partial charge in [0.1, 0.15) is 0 Å². The summed E-state index contributed by atoms with van der Waals surface area (Å²) in [7, 11) is 0. The number of hydrogen-bond acceptors (Lipinski definition) is 6. The number of rotatable bonds is 7. The van der Waals surface area contributed by atoms with Crippen LogP contribution in [0.15, 0.2) is 47.4 Å². The van der Waals surface area contributed by atoms with E-state index < -0.39 is 6.10 Å². The van der Waals surface area contributed by atoms with Crippen molar-refractivity contribution in [2.75, 3.05) is 24.4 Å². The molecule has 0 bridgehead atoms. The van der Waals surface area contributed by atoms with E-state index >= 15 is 0 Å². The molecule has 1 atom stereocenters. The van der Waals surface area contributed by atoms with E-state index in [1.54, 1.807) is 11.8 Å². The number of thioether (sulfide) groups is 1. The minimum absolute atomic E-state index is 0.223. The van der Waals surface area contributed by atoms with Crippen molar-refractivity contribution in [2.45, 2.75) is 17.4 Å². The molecule has 1 aliphatic heterocycles. The standard InChI is InChI=1S/C18H18N2O3S/c19-8-3-9-24-18-5-2-1-4-14(18)20-11-15(21)13-6-7-16-17(10-13)23-12-22-16/h1-2,4-7,10,15,20-21H,3,9,11-12H2/t15-/m1/s1. The summed E-state index contributed by atoms with van der Waals surface area (Å²) in [5.74, 6) is 2.12. The molecule has 24 heavy (non-hydrogen) atoms. The van der Waals surface area contributed by atoms with Crippen molar-refractivity contribution in [1.82, 2.24) is 0 Å². The van der Waals surface area contributed by atoms with Crippen LogP contribution in [0.25, 0.3) is 0 Å². The molecule has 2 aromatic carbocycles. The van der Waals surface area contributed by atoms with Gasteiger partial charge in [-0.15, -0.1) is 11.8 Å². The van der Waals surface area contributed by atoms with Crippen LogP contribution in [0.4, 0.5) is 5.69 Å². The molecule has 0 saturated heterocycles. The number of nitrogens with one attached hydrogen (secondary N) is 1. The number of nitriles is 1. The molecule has 1 aliphatic rings. The SMILES string of the molecule is N#CCCSc1ccccc1NC[C@@H](O)c1ccc2c(c1)OCO2. The zero-order valence-electron chi connectivity index (χ0n) is 13.1. The highest BCUT2D eigenvalue weighted by Gasteiger charge is 2.16. The molecule has 6 heteroatoms. The van der Waals surface area contributed by atoms with Crippen LogP contribution in [0.1, 0.15) is 18.1 Å². The predicted molar refractivity (Wildman–Crippen MR) is 93.4 cm³/mol. The van der Waals surface area contributed by atoms with Crippen LogP contribution in [-0.4, -0.2) is 24.2 Å². The maximum absolute atomic E-state index is 10.4. The van der Waals surface area contributed by atoms with Crippen molar-refractivity contribution >= 4 is 17.4 Å². The van der Waals surface area contributed by atoms with Crippen LogP contribution in [0.3, 0.4) is 0 Å². The molecule has 0 spiro atoms. The van der Waals surface area contributed by atoms with Gasteiger partial charge in [0.15, 0.2) is 11.5 Å². The number of benzene rings is 2. The minimum Gasteiger partial charge on any atom is -0.454 e. The summed E-state index contributed by atoms with van der Waals surface area (Å²) in [6.07, 6.45) is -0.143. The summed E-state index contributed by atoms with van der Waals surface area (Å²) in [6, 6.07) is 15.5. The fourth-order valence-corrected chi connectivity index (χ4v) is 3.27. The Kier molecular flexibility index (Phi) is 5.47. The highest BCUT2D eigenvalue weighted by Crippen LogP contribution is 2.34. The van der Waals surface area contributed by atoms with E-state index in [-0.39, 0.29) is 6.79 Å². The normalized spacial score (nSPS) is 13.3. The van der Waals surface area contributed by atoms with Crippen LogP contribution < -0.4 is 14.8 Å². The van der Waals surface area contributed by atoms with E-state index in [1.807, 2.05) is 42.5 Å². The molecule has 124 valence electrons. The first kappa shape index (κ1) is 16.5. The first-order chi connectivity index (χ1) is 11.8. The van der Waals surface area contributed by atoms with Crippen molar-refractivity contribution in [1.29, 1.82) is 5.26 Å². The van der Waals surface area contributed by atoms with E-state index in [0.29, 0.717) is 24.5 Å². The van der Waals surface area contributed by atoms with E-state index in [9.17, 15) is 5.11 Å². The third-order valence-corrected chi connectivity index (χ3v) is 4.70. The molecule has 0 unspecified atom stereocenters. The fraction of sp³-hybridized carbons (Fsp3) is 0.278. The lowest BCUT2D eigenvalue weighted by Gasteiger charge is -2.16. The van der Waals surface area contributed by atoms with Crippen LogP contribution in [0.2, 0.25) is 0 Å². The quantitative estimate of drug-likeness (QED) is 0.592. The van der Waals surface area contributed by atoms with Gasteiger partial charge in [0.25, 0.3) is 0 Å². The van der Waals surface area contributed by atoms with Crippen molar-refractivity contribution in [2.24, 2.45) is 0 Å². The smallest absolute Gasteiger partial charge is 0.231 e. The number of fused-ring (bicyclic) bond motifs is 1. The number of ether oxygens (including phenoxy) is 2. The summed E-state index contributed by atoms with van der Waals surface area (Å²) in [5.41, 5.74) is 1.74. The minimum atomic E-state index is -0.656. The lowest BCUT2D eigenvalue weighted by Crippen LogP contribution is -2.12. The predicted octanol–water partition coefficient (Wildman–Crippen LogP) is 3.57. The monoisotopic (exact) mass is 342 g/mol. The van der Waals surface area contributed by atoms with Gasteiger partial charge in [0.2, 0.25) is 6.79 Å². The number of nitrogens with zero attached hydrogens (tertiary/aromatic N) is 1. The average Bonchev–Trinajstić information content (AvgIpc) is 3.08. The van der Waals surface area contributed by atoms with E-state index in [1.165, 1.54) is 0 Å². The second-order valence-electron chi connectivity index (χ2n) is 5.26. The fourth-order valence-electron chi connectivity index (χ4n) is 2.39. The Labute approximate surface area is 145 Å². The Morgan fingerprint density at radius 3 is 2.92 bits per heavy atom. The Balaban J connectivity index is 1.62. The van der Waals surface area contributed by atoms with Crippen LogP contribution in [0.5, 0.6) is 11.5 Å². The maximum Gasteiger partial charge on any atom is 0.231 e. The summed E-state index contributed by atoms with van der Waals surface area (Å²) in [6.45, 7) is 0.607. The molecule has 5 nitrogen and oxygen atoms in total. The van der Waals surface area contributed by atoms with Crippen LogP contribution in [0, 0.1) is 11.3 Å². The van der Waals surface area contributed by atoms with Gasteiger partial charge in [-0.3, -0.25) is 0 Å². The van der Waals surface area contributed by atoms with Crippen molar-refractivity contribution < 1.29 is 14.6 Å². The van der Waals surface area contributed by atoms with E-state index in [4.69, 9.17) is 14.7 Å². The Morgan fingerprint density at radius 2 is 2.04 bits per heavy atom. The molecule has 2 aromatic rings. The number of hydrogen-bond donors (Lipinski definition) is 2. The summed E-state index contributed by atoms with van der Waals surface area (Å²) >= 11 is 1.63. The van der Waals surface area contributed by atoms with Crippen molar-refractivity contribution in [3.05, 3.63) is 48.0 Å². The third kappa shape index (κ3) is 3.94. The number of aliphatic hydroxyl groups is 1. The van der Waals surface area contributed by atoms with Crippen molar-refractivity contribution in [3.63, 3.8) is 0 Å². The molecule has 1 heterocycles. The molecular formula is C18H18N2O3S. The lowest BCUT2D eigenvalue weighted by atomic mass is 10.1. The lowest BCUT2D eigenvalue weighted by molar-refractivity contribution is 0.173. The molecule has 0 fully saturated rings. The molecular weight excluding hydrogens is 324 g/mol. The largest absolute Gasteiger partial charge is 0.454 e. The van der Waals surface area contributed by atoms with Gasteiger partial charge in [0.05, 0.1) is 12.2 Å². The van der Waals surface area contributed by atoms with Gasteiger partial charge in [-0.2, -0.15) is 5.26 Å². The van der Waals surface area contributed by atoms with E-state index in [0.717, 1.165) is 21.9 Å². The van der Waals surface area contributed by atoms with E-state index in [2.05, 4.69) is 11.4 Å². The molecule has 2 N–H and O–H groups in total. The summed E-state index contributed by atoms with van der Waals surface area (Å²) in [5, 5.41) is 22.3. The molecule has 0 aromatic heterocycles. The second-order valence-corrected chi connectivity index (χ2v) is 6.40. The van der Waals surface area contributed by atoms with Crippen LogP contribution in [-0.2, 0) is 0 Å². The highest BCUT2D eigenvalue weighted by molar-refractivity contribution is 7.99. The van der Waals surface area contributed by atoms with Gasteiger partial charge >= 0.3 is 0 Å². The Hall–Kier alpha value is -2.36. The number of aliphatic hydroxyl groups excluding tert-OH is 1. The van der Waals surface area contributed by atoms with Gasteiger partial charge in [-0.1, -0.05) is 18.2 Å². The second kappa shape index (κ2) is 7.95. The van der Waals surface area contributed by atoms with Gasteiger partial charge in [-0.25, -0.2) is 0 Å². The first-order valence-corrected chi connectivity index (χ1v) is 8.67. The molecule has 0 aliphatic carbocycles. The van der Waals surface area contributed by atoms with Crippen molar-refractivity contribution in [3.8, 4) is 17.6 Å². The average molecular weight is 342 g/mol. The zero-order valence-corrected chi connectivity index (χ0v) is 13.9. The Bertz CT molecular complexity index is 745. The molecule has 3 rings (SSSR count). The summed E-state index contributed by atoms with van der Waals surface area (Å²) in [4.78, 5) is 1.07. The highest BCUT2D eigenvalue weighted by atomic mass is 32.2.